The van der Waals surface area contributed by atoms with Crippen LogP contribution in [0.4, 0.5) is 10.1 Å². The molecule has 0 radical (unpaired) electrons. The number of likely N-dealkylation sites (tertiary alicyclic amines) is 1. The van der Waals surface area contributed by atoms with Crippen molar-refractivity contribution in [2.45, 2.75) is 25.9 Å². The number of aryl methyl sites for hydroxylation is 1. The Kier molecular flexibility index (Phi) is 5.14. The number of nitrogens with zero attached hydrogens (tertiary/aromatic N) is 3. The molecule has 0 spiro atoms. The van der Waals surface area contributed by atoms with Gasteiger partial charge in [-0.3, -0.25) is 14.9 Å². The molecule has 1 aromatic heterocycles. The van der Waals surface area contributed by atoms with E-state index in [0.717, 1.165) is 4.70 Å². The number of carbonyl (C=O) groups excluding carboxylic acids is 1. The number of ether oxygens (including phenoxy) is 1. The molecule has 0 atom stereocenters. The molecule has 1 amide bonds. The number of nitro benzene ring substituents is 1. The van der Waals surface area contributed by atoms with Crippen molar-refractivity contribution in [1.29, 1.82) is 0 Å². The number of para-hydroxylation sites is 1. The number of amides is 1. The molecule has 4 rings (SSSR count). The molecule has 7 nitrogen and oxygen atoms in total. The zero-order valence-electron chi connectivity index (χ0n) is 15.6. The van der Waals surface area contributed by atoms with Crippen molar-refractivity contribution in [2.24, 2.45) is 0 Å². The maximum absolute atomic E-state index is 13.8. The smallest absolute Gasteiger partial charge is 0.274 e. The molecule has 0 aliphatic carbocycles. The minimum atomic E-state index is -0.479. The van der Waals surface area contributed by atoms with E-state index in [1.807, 2.05) is 0 Å². The number of hydrogen-bond donors (Lipinski definition) is 0. The zero-order valence-corrected chi connectivity index (χ0v) is 16.4. The van der Waals surface area contributed by atoms with Crippen LogP contribution < -0.4 is 4.74 Å². The highest BCUT2D eigenvalue weighted by Crippen LogP contribution is 2.31. The highest BCUT2D eigenvalue weighted by molar-refractivity contribution is 7.20. The average molecular weight is 415 g/mol. The third kappa shape index (κ3) is 3.91. The number of carbonyl (C=O) groups is 1. The van der Waals surface area contributed by atoms with Gasteiger partial charge in [-0.25, -0.2) is 4.39 Å². The summed E-state index contributed by atoms with van der Waals surface area (Å²) in [7, 11) is 0. The van der Waals surface area contributed by atoms with Gasteiger partial charge in [-0.15, -0.1) is 0 Å². The van der Waals surface area contributed by atoms with Crippen LogP contribution in [0.2, 0.25) is 0 Å². The predicted molar refractivity (Wildman–Crippen MR) is 107 cm³/mol. The standard InChI is InChI=1S/C20H18FN3O4S/c1-12-5-6-13(11-16(12)24(26)27)19(25)23-9-7-14(8-10-23)28-20-22-18-15(21)3-2-4-17(18)29-20/h2-6,11,14H,7-10H2,1H3. The van der Waals surface area contributed by atoms with Gasteiger partial charge in [-0.2, -0.15) is 4.98 Å². The third-order valence-corrected chi connectivity index (χ3v) is 5.91. The van der Waals surface area contributed by atoms with Crippen molar-refractivity contribution in [1.82, 2.24) is 9.88 Å². The molecule has 29 heavy (non-hydrogen) atoms. The molecule has 9 heteroatoms. The summed E-state index contributed by atoms with van der Waals surface area (Å²) in [5.41, 5.74) is 1.08. The minimum Gasteiger partial charge on any atom is -0.467 e. The summed E-state index contributed by atoms with van der Waals surface area (Å²) in [4.78, 5) is 29.2. The highest BCUT2D eigenvalue weighted by atomic mass is 32.1. The van der Waals surface area contributed by atoms with E-state index in [0.29, 0.717) is 47.8 Å². The molecule has 150 valence electrons. The van der Waals surface area contributed by atoms with Crippen LogP contribution in [0.3, 0.4) is 0 Å². The molecule has 0 N–H and O–H groups in total. The Labute approximate surface area is 169 Å². The highest BCUT2D eigenvalue weighted by Gasteiger charge is 2.26. The first-order chi connectivity index (χ1) is 13.9. The molecule has 1 aliphatic heterocycles. The van der Waals surface area contributed by atoms with E-state index >= 15 is 0 Å². The van der Waals surface area contributed by atoms with E-state index in [1.54, 1.807) is 36.1 Å². The quantitative estimate of drug-likeness (QED) is 0.468. The molecular weight excluding hydrogens is 397 g/mol. The fourth-order valence-electron chi connectivity index (χ4n) is 3.39. The monoisotopic (exact) mass is 415 g/mol. The molecule has 3 aromatic rings. The number of benzene rings is 2. The Morgan fingerprint density at radius 3 is 2.76 bits per heavy atom. The number of nitro groups is 1. The summed E-state index contributed by atoms with van der Waals surface area (Å²) in [5, 5.41) is 11.5. The Balaban J connectivity index is 1.40. The fraction of sp³-hybridized carbons (Fsp3) is 0.300. The number of rotatable bonds is 4. The van der Waals surface area contributed by atoms with Gasteiger partial charge in [0.05, 0.1) is 9.62 Å². The lowest BCUT2D eigenvalue weighted by Gasteiger charge is -2.31. The second-order valence-corrected chi connectivity index (χ2v) is 7.93. The second-order valence-electron chi connectivity index (χ2n) is 6.93. The van der Waals surface area contributed by atoms with Crippen LogP contribution in [0.15, 0.2) is 36.4 Å². The van der Waals surface area contributed by atoms with Crippen molar-refractivity contribution < 1.29 is 18.8 Å². The zero-order chi connectivity index (χ0) is 20.5. The van der Waals surface area contributed by atoms with E-state index < -0.39 is 4.92 Å². The van der Waals surface area contributed by atoms with Gasteiger partial charge >= 0.3 is 0 Å². The number of aromatic nitrogens is 1. The molecule has 1 fully saturated rings. The Morgan fingerprint density at radius 1 is 1.31 bits per heavy atom. The number of fused-ring (bicyclic) bond motifs is 1. The van der Waals surface area contributed by atoms with Gasteiger partial charge in [-0.05, 0) is 25.1 Å². The average Bonchev–Trinajstić information content (AvgIpc) is 3.12. The van der Waals surface area contributed by atoms with E-state index in [1.165, 1.54) is 23.5 Å². The topological polar surface area (TPSA) is 85.6 Å². The predicted octanol–water partition coefficient (Wildman–Crippen LogP) is 4.34. The Bertz CT molecular complexity index is 1090. The number of halogens is 1. The maximum atomic E-state index is 13.8. The third-order valence-electron chi connectivity index (χ3n) is 5.00. The summed E-state index contributed by atoms with van der Waals surface area (Å²) in [6, 6.07) is 9.34. The van der Waals surface area contributed by atoms with Gasteiger partial charge in [0.2, 0.25) is 0 Å². The maximum Gasteiger partial charge on any atom is 0.274 e. The van der Waals surface area contributed by atoms with Crippen molar-refractivity contribution in [3.05, 3.63) is 63.5 Å². The molecule has 2 aromatic carbocycles. The molecule has 2 heterocycles. The number of piperidine rings is 1. The van der Waals surface area contributed by atoms with E-state index in [9.17, 15) is 19.3 Å². The first-order valence-corrected chi connectivity index (χ1v) is 10.00. The summed E-state index contributed by atoms with van der Waals surface area (Å²) >= 11 is 1.30. The Morgan fingerprint density at radius 2 is 2.07 bits per heavy atom. The van der Waals surface area contributed by atoms with Crippen LogP contribution in [-0.2, 0) is 0 Å². The second kappa shape index (κ2) is 7.75. The van der Waals surface area contributed by atoms with Crippen LogP contribution in [0.1, 0.15) is 28.8 Å². The largest absolute Gasteiger partial charge is 0.467 e. The lowest BCUT2D eigenvalue weighted by atomic mass is 10.0. The van der Waals surface area contributed by atoms with Crippen LogP contribution in [-0.4, -0.2) is 39.9 Å². The normalized spacial score (nSPS) is 14.9. The van der Waals surface area contributed by atoms with Gasteiger partial charge in [0.25, 0.3) is 16.8 Å². The first kappa shape index (κ1) is 19.3. The fourth-order valence-corrected chi connectivity index (χ4v) is 4.28. The number of thiazole rings is 1. The van der Waals surface area contributed by atoms with E-state index in [2.05, 4.69) is 4.98 Å². The van der Waals surface area contributed by atoms with Crippen LogP contribution in [0.25, 0.3) is 10.2 Å². The summed E-state index contributed by atoms with van der Waals surface area (Å²) in [6.07, 6.45) is 1.10. The summed E-state index contributed by atoms with van der Waals surface area (Å²) in [5.74, 6) is -0.602. The molecule has 0 unspecified atom stereocenters. The SMILES string of the molecule is Cc1ccc(C(=O)N2CCC(Oc3nc4c(F)cccc4s3)CC2)cc1[N+](=O)[O-]. The summed E-state index contributed by atoms with van der Waals surface area (Å²) < 4.78 is 20.4. The molecule has 1 saturated heterocycles. The van der Waals surface area contributed by atoms with Gasteiger partial charge in [0.1, 0.15) is 17.4 Å². The van der Waals surface area contributed by atoms with E-state index in [-0.39, 0.29) is 23.5 Å². The van der Waals surface area contributed by atoms with Crippen LogP contribution >= 0.6 is 11.3 Å². The molecule has 1 aliphatic rings. The van der Waals surface area contributed by atoms with Crippen molar-refractivity contribution in [2.75, 3.05) is 13.1 Å². The lowest BCUT2D eigenvalue weighted by molar-refractivity contribution is -0.385. The minimum absolute atomic E-state index is 0.0582. The molecular formula is C20H18FN3O4S. The molecule has 0 bridgehead atoms. The van der Waals surface area contributed by atoms with Crippen molar-refractivity contribution >= 4 is 33.1 Å². The summed E-state index contributed by atoms with van der Waals surface area (Å²) in [6.45, 7) is 2.60. The van der Waals surface area contributed by atoms with Crippen molar-refractivity contribution in [3.63, 3.8) is 0 Å². The first-order valence-electron chi connectivity index (χ1n) is 9.18. The lowest BCUT2D eigenvalue weighted by Crippen LogP contribution is -2.41. The van der Waals surface area contributed by atoms with Gasteiger partial charge in [0.15, 0.2) is 0 Å². The van der Waals surface area contributed by atoms with Gasteiger partial charge in [0, 0.05) is 43.1 Å². The van der Waals surface area contributed by atoms with Crippen molar-refractivity contribution in [3.8, 4) is 5.19 Å². The van der Waals surface area contributed by atoms with Crippen LogP contribution in [0, 0.1) is 22.9 Å². The van der Waals surface area contributed by atoms with Gasteiger partial charge < -0.3 is 9.64 Å². The van der Waals surface area contributed by atoms with E-state index in [4.69, 9.17) is 4.74 Å². The molecule has 0 saturated carbocycles. The Hall–Kier alpha value is -3.07. The number of hydrogen-bond acceptors (Lipinski definition) is 6. The van der Waals surface area contributed by atoms with Crippen LogP contribution in [0.5, 0.6) is 5.19 Å². The van der Waals surface area contributed by atoms with Gasteiger partial charge in [-0.1, -0.05) is 23.5 Å².